The zero-order chi connectivity index (χ0) is 23.4. The number of carbonyl (C=O) groups is 1. The Labute approximate surface area is 197 Å². The number of nitro groups is 1. The predicted octanol–water partition coefficient (Wildman–Crippen LogP) is 5.14. The molecule has 0 spiro atoms. The van der Waals surface area contributed by atoms with Gasteiger partial charge in [-0.2, -0.15) is 0 Å². The second-order valence-corrected chi connectivity index (χ2v) is 9.32. The van der Waals surface area contributed by atoms with Crippen molar-refractivity contribution in [2.75, 3.05) is 0 Å². The number of aryl methyl sites for hydroxylation is 1. The van der Waals surface area contributed by atoms with Crippen LogP contribution in [0.15, 0.2) is 53.7 Å². The SMILES string of the molecule is Cc1ccccc1CSc1nnc(C(C)NC(=O)C2CCCC2)n1-c1ccc([N+](=O)[O-])cc1. The van der Waals surface area contributed by atoms with Crippen LogP contribution in [-0.2, 0) is 10.5 Å². The number of nitrogens with zero attached hydrogens (tertiary/aromatic N) is 4. The zero-order valence-corrected chi connectivity index (χ0v) is 19.5. The van der Waals surface area contributed by atoms with Gasteiger partial charge < -0.3 is 5.32 Å². The zero-order valence-electron chi connectivity index (χ0n) is 18.7. The molecule has 1 heterocycles. The summed E-state index contributed by atoms with van der Waals surface area (Å²) in [6, 6.07) is 14.1. The standard InChI is InChI=1S/C24H27N5O3S/c1-16-7-3-4-10-19(16)15-33-24-27-26-22(17(2)25-23(30)18-8-5-6-9-18)28(24)20-11-13-21(14-12-20)29(31)32/h3-4,7,10-14,17-18H,5-6,8-9,15H2,1-2H3,(H,25,30). The van der Waals surface area contributed by atoms with Gasteiger partial charge in [0.2, 0.25) is 5.91 Å². The smallest absolute Gasteiger partial charge is 0.269 e. The molecular formula is C24H27N5O3S. The maximum absolute atomic E-state index is 12.7. The van der Waals surface area contributed by atoms with Gasteiger partial charge >= 0.3 is 0 Å². The van der Waals surface area contributed by atoms with Gasteiger partial charge in [-0.05, 0) is 49.9 Å². The highest BCUT2D eigenvalue weighted by Gasteiger charge is 2.27. The Bertz CT molecular complexity index is 1140. The number of non-ortho nitro benzene ring substituents is 1. The van der Waals surface area contributed by atoms with Crippen LogP contribution in [0.5, 0.6) is 0 Å². The molecule has 1 saturated carbocycles. The number of rotatable bonds is 8. The monoisotopic (exact) mass is 465 g/mol. The van der Waals surface area contributed by atoms with Crippen LogP contribution in [-0.4, -0.2) is 25.6 Å². The quantitative estimate of drug-likeness (QED) is 0.281. The number of benzene rings is 2. The number of amides is 1. The molecule has 9 heteroatoms. The van der Waals surface area contributed by atoms with Gasteiger partial charge in [0.1, 0.15) is 0 Å². The Kier molecular flexibility index (Phi) is 7.08. The first-order valence-electron chi connectivity index (χ1n) is 11.1. The highest BCUT2D eigenvalue weighted by molar-refractivity contribution is 7.98. The summed E-state index contributed by atoms with van der Waals surface area (Å²) < 4.78 is 1.88. The Morgan fingerprint density at radius 1 is 1.18 bits per heavy atom. The summed E-state index contributed by atoms with van der Waals surface area (Å²) in [6.07, 6.45) is 4.02. The predicted molar refractivity (Wildman–Crippen MR) is 127 cm³/mol. The molecule has 1 unspecified atom stereocenters. The molecule has 1 fully saturated rings. The lowest BCUT2D eigenvalue weighted by Crippen LogP contribution is -2.33. The van der Waals surface area contributed by atoms with E-state index in [0.717, 1.165) is 31.4 Å². The molecule has 1 atom stereocenters. The second kappa shape index (κ2) is 10.2. The first-order chi connectivity index (χ1) is 15.9. The molecule has 1 amide bonds. The van der Waals surface area contributed by atoms with E-state index in [1.54, 1.807) is 23.9 Å². The third-order valence-electron chi connectivity index (χ3n) is 6.07. The van der Waals surface area contributed by atoms with E-state index < -0.39 is 4.92 Å². The number of hydrogen-bond acceptors (Lipinski definition) is 6. The molecule has 0 saturated heterocycles. The van der Waals surface area contributed by atoms with E-state index in [1.165, 1.54) is 23.3 Å². The summed E-state index contributed by atoms with van der Waals surface area (Å²) >= 11 is 1.54. The maximum Gasteiger partial charge on any atom is 0.269 e. The van der Waals surface area contributed by atoms with Crippen molar-refractivity contribution in [1.29, 1.82) is 0 Å². The molecule has 172 valence electrons. The summed E-state index contributed by atoms with van der Waals surface area (Å²) in [7, 11) is 0. The van der Waals surface area contributed by atoms with Crippen LogP contribution in [0.1, 0.15) is 55.6 Å². The van der Waals surface area contributed by atoms with Crippen LogP contribution in [0.25, 0.3) is 5.69 Å². The van der Waals surface area contributed by atoms with Gasteiger partial charge in [0, 0.05) is 29.5 Å². The van der Waals surface area contributed by atoms with Crippen molar-refractivity contribution in [1.82, 2.24) is 20.1 Å². The van der Waals surface area contributed by atoms with Crippen molar-refractivity contribution in [3.05, 3.63) is 75.6 Å². The number of nitrogens with one attached hydrogen (secondary N) is 1. The highest BCUT2D eigenvalue weighted by Crippen LogP contribution is 2.30. The van der Waals surface area contributed by atoms with Crippen molar-refractivity contribution in [3.63, 3.8) is 0 Å². The lowest BCUT2D eigenvalue weighted by atomic mass is 10.1. The van der Waals surface area contributed by atoms with Gasteiger partial charge in [-0.15, -0.1) is 10.2 Å². The summed E-state index contributed by atoms with van der Waals surface area (Å²) in [5.74, 6) is 1.41. The van der Waals surface area contributed by atoms with Crippen molar-refractivity contribution in [2.24, 2.45) is 5.92 Å². The Balaban J connectivity index is 1.63. The van der Waals surface area contributed by atoms with Gasteiger partial charge in [-0.25, -0.2) is 0 Å². The number of carbonyl (C=O) groups excluding carboxylic acids is 1. The average Bonchev–Trinajstić information content (AvgIpc) is 3.49. The number of thioether (sulfide) groups is 1. The minimum atomic E-state index is -0.421. The molecule has 4 rings (SSSR count). The van der Waals surface area contributed by atoms with Gasteiger partial charge in [-0.1, -0.05) is 48.9 Å². The first kappa shape index (κ1) is 23.0. The van der Waals surface area contributed by atoms with Gasteiger partial charge in [-0.3, -0.25) is 19.5 Å². The summed E-state index contributed by atoms with van der Waals surface area (Å²) in [6.45, 7) is 3.97. The Morgan fingerprint density at radius 3 is 2.55 bits per heavy atom. The van der Waals surface area contributed by atoms with Gasteiger partial charge in [0.05, 0.1) is 11.0 Å². The van der Waals surface area contributed by atoms with Crippen LogP contribution in [0, 0.1) is 23.0 Å². The second-order valence-electron chi connectivity index (χ2n) is 8.38. The molecule has 1 aromatic heterocycles. The van der Waals surface area contributed by atoms with Crippen molar-refractivity contribution < 1.29 is 9.72 Å². The van der Waals surface area contributed by atoms with E-state index in [2.05, 4.69) is 34.6 Å². The minimum absolute atomic E-state index is 0.0186. The van der Waals surface area contributed by atoms with E-state index in [0.29, 0.717) is 16.7 Å². The fourth-order valence-electron chi connectivity index (χ4n) is 4.12. The molecule has 1 N–H and O–H groups in total. The number of nitro benzene ring substituents is 1. The molecule has 8 nitrogen and oxygen atoms in total. The third kappa shape index (κ3) is 5.24. The lowest BCUT2D eigenvalue weighted by molar-refractivity contribution is -0.384. The average molecular weight is 466 g/mol. The molecule has 2 aromatic carbocycles. The third-order valence-corrected chi connectivity index (χ3v) is 7.04. The summed E-state index contributed by atoms with van der Waals surface area (Å²) in [4.78, 5) is 23.4. The Morgan fingerprint density at radius 2 is 1.88 bits per heavy atom. The largest absolute Gasteiger partial charge is 0.346 e. The normalized spacial score (nSPS) is 14.8. The topological polar surface area (TPSA) is 103 Å². The van der Waals surface area contributed by atoms with E-state index >= 15 is 0 Å². The molecule has 1 aliphatic carbocycles. The van der Waals surface area contributed by atoms with E-state index in [1.807, 2.05) is 23.6 Å². The molecule has 0 radical (unpaired) electrons. The molecule has 3 aromatic rings. The van der Waals surface area contributed by atoms with Crippen molar-refractivity contribution in [2.45, 2.75) is 56.5 Å². The number of hydrogen-bond donors (Lipinski definition) is 1. The van der Waals surface area contributed by atoms with Crippen LogP contribution >= 0.6 is 11.8 Å². The van der Waals surface area contributed by atoms with E-state index in [4.69, 9.17) is 0 Å². The van der Waals surface area contributed by atoms with Crippen LogP contribution in [0.2, 0.25) is 0 Å². The summed E-state index contributed by atoms with van der Waals surface area (Å²) in [5, 5.41) is 23.7. The minimum Gasteiger partial charge on any atom is -0.346 e. The van der Waals surface area contributed by atoms with Crippen molar-refractivity contribution >= 4 is 23.4 Å². The molecule has 0 bridgehead atoms. The maximum atomic E-state index is 12.7. The molecule has 0 aliphatic heterocycles. The van der Waals surface area contributed by atoms with Gasteiger partial charge in [0.25, 0.3) is 5.69 Å². The highest BCUT2D eigenvalue weighted by atomic mass is 32.2. The van der Waals surface area contributed by atoms with Crippen LogP contribution in [0.3, 0.4) is 0 Å². The van der Waals surface area contributed by atoms with Crippen molar-refractivity contribution in [3.8, 4) is 5.69 Å². The van der Waals surface area contributed by atoms with Crippen LogP contribution < -0.4 is 5.32 Å². The van der Waals surface area contributed by atoms with E-state index in [9.17, 15) is 14.9 Å². The first-order valence-corrected chi connectivity index (χ1v) is 12.1. The molecule has 1 aliphatic rings. The Hall–Kier alpha value is -3.20. The van der Waals surface area contributed by atoms with E-state index in [-0.39, 0.29) is 23.6 Å². The molecule has 33 heavy (non-hydrogen) atoms. The number of aromatic nitrogens is 3. The van der Waals surface area contributed by atoms with Crippen LogP contribution in [0.4, 0.5) is 5.69 Å². The van der Waals surface area contributed by atoms with Gasteiger partial charge in [0.15, 0.2) is 11.0 Å². The lowest BCUT2D eigenvalue weighted by Gasteiger charge is -2.18. The fraction of sp³-hybridized carbons (Fsp3) is 0.375. The molecular weight excluding hydrogens is 438 g/mol. The summed E-state index contributed by atoms with van der Waals surface area (Å²) in [5.41, 5.74) is 3.13. The fourth-order valence-corrected chi connectivity index (χ4v) is 5.15.